The van der Waals surface area contributed by atoms with Gasteiger partial charge in [-0.25, -0.2) is 0 Å². The maximum Gasteiger partial charge on any atom is 0.217 e. The molecule has 0 radical (unpaired) electrons. The molecule has 1 amide bonds. The number of allylic oxidation sites excluding steroid dienone is 1. The lowest BCUT2D eigenvalue weighted by molar-refractivity contribution is -0.120. The van der Waals surface area contributed by atoms with Crippen molar-refractivity contribution < 1.29 is 4.79 Å². The number of amides is 1. The highest BCUT2D eigenvalue weighted by atomic mass is 32.2. The Kier molecular flexibility index (Phi) is 3.40. The number of fused-ring (bicyclic) bond motifs is 2. The minimum Gasteiger partial charge on any atom is -0.341 e. The molecule has 3 heteroatoms. The molecule has 3 rings (SSSR count). The zero-order chi connectivity index (χ0) is 13.3. The minimum absolute atomic E-state index is 0.0823. The summed E-state index contributed by atoms with van der Waals surface area (Å²) in [4.78, 5) is 11.5. The predicted octanol–water partition coefficient (Wildman–Crippen LogP) is 3.35. The van der Waals surface area contributed by atoms with Gasteiger partial charge in [-0.15, -0.1) is 11.8 Å². The van der Waals surface area contributed by atoms with Gasteiger partial charge in [0.25, 0.3) is 0 Å². The number of rotatable bonds is 4. The van der Waals surface area contributed by atoms with E-state index in [4.69, 9.17) is 0 Å². The lowest BCUT2D eigenvalue weighted by Crippen LogP contribution is -2.48. The van der Waals surface area contributed by atoms with E-state index in [1.54, 1.807) is 6.92 Å². The lowest BCUT2D eigenvalue weighted by atomic mass is 10.0. The first-order chi connectivity index (χ1) is 9.18. The van der Waals surface area contributed by atoms with E-state index in [0.717, 1.165) is 12.2 Å². The highest BCUT2D eigenvalue weighted by Crippen LogP contribution is 2.52. The van der Waals surface area contributed by atoms with Crippen LogP contribution in [0.15, 0.2) is 42.5 Å². The van der Waals surface area contributed by atoms with E-state index in [0.29, 0.717) is 11.8 Å². The third-order valence-corrected chi connectivity index (χ3v) is 5.63. The average molecular weight is 273 g/mol. The molecule has 19 heavy (non-hydrogen) atoms. The fourth-order valence-electron chi connectivity index (χ4n) is 3.24. The van der Waals surface area contributed by atoms with Crippen LogP contribution in [0.2, 0.25) is 0 Å². The fourth-order valence-corrected chi connectivity index (χ4v) is 4.80. The first-order valence-corrected chi connectivity index (χ1v) is 7.81. The zero-order valence-electron chi connectivity index (χ0n) is 11.1. The van der Waals surface area contributed by atoms with Gasteiger partial charge in [0.05, 0.1) is 4.87 Å². The third kappa shape index (κ3) is 2.57. The number of hydrogen-bond donors (Lipinski definition) is 1. The Balaban J connectivity index is 1.74. The summed E-state index contributed by atoms with van der Waals surface area (Å²) >= 11 is 1.89. The summed E-state index contributed by atoms with van der Waals surface area (Å²) in [5, 5.41) is 3.23. The van der Waals surface area contributed by atoms with Crippen LogP contribution >= 0.6 is 11.8 Å². The average Bonchev–Trinajstić information content (AvgIpc) is 2.98. The number of nitrogens with one attached hydrogen (secondary N) is 1. The van der Waals surface area contributed by atoms with Gasteiger partial charge in [0.1, 0.15) is 0 Å². The lowest BCUT2D eigenvalue weighted by Gasteiger charge is -2.35. The Labute approximate surface area is 118 Å². The summed E-state index contributed by atoms with van der Waals surface area (Å²) in [5.74, 6) is 2.19. The SMILES string of the molecule is CC(=O)NC1(SCc2ccccc2)CC2C=CC1C2. The van der Waals surface area contributed by atoms with Crippen LogP contribution in [0.5, 0.6) is 0 Å². The van der Waals surface area contributed by atoms with Crippen LogP contribution in [0, 0.1) is 11.8 Å². The van der Waals surface area contributed by atoms with Crippen molar-refractivity contribution in [3.05, 3.63) is 48.0 Å². The Hall–Kier alpha value is -1.22. The van der Waals surface area contributed by atoms with E-state index in [1.165, 1.54) is 12.0 Å². The molecule has 1 N–H and O–H groups in total. The van der Waals surface area contributed by atoms with Crippen LogP contribution < -0.4 is 5.32 Å². The Bertz CT molecular complexity index is 499. The fraction of sp³-hybridized carbons (Fsp3) is 0.438. The van der Waals surface area contributed by atoms with Gasteiger partial charge in [-0.05, 0) is 24.3 Å². The minimum atomic E-state index is -0.0823. The molecule has 100 valence electrons. The summed E-state index contributed by atoms with van der Waals surface area (Å²) < 4.78 is 0. The van der Waals surface area contributed by atoms with Gasteiger partial charge in [-0.3, -0.25) is 4.79 Å². The molecule has 0 aliphatic heterocycles. The molecule has 3 atom stereocenters. The van der Waals surface area contributed by atoms with Crippen molar-refractivity contribution in [1.29, 1.82) is 0 Å². The Morgan fingerprint density at radius 1 is 1.37 bits per heavy atom. The van der Waals surface area contributed by atoms with E-state index in [1.807, 2.05) is 17.8 Å². The van der Waals surface area contributed by atoms with E-state index < -0.39 is 0 Å². The molecular weight excluding hydrogens is 254 g/mol. The first kappa shape index (κ1) is 12.8. The summed E-state index contributed by atoms with van der Waals surface area (Å²) in [6, 6.07) is 10.5. The largest absolute Gasteiger partial charge is 0.341 e. The standard InChI is InChI=1S/C16H19NOS/c1-12(18)17-16(10-14-7-8-15(16)9-14)19-11-13-5-3-2-4-6-13/h2-8,14-15H,9-11H2,1H3,(H,17,18). The Morgan fingerprint density at radius 2 is 2.16 bits per heavy atom. The van der Waals surface area contributed by atoms with Gasteiger partial charge < -0.3 is 5.32 Å². The molecule has 3 unspecified atom stereocenters. The molecule has 0 aromatic heterocycles. The van der Waals surface area contributed by atoms with Gasteiger partial charge in [-0.2, -0.15) is 0 Å². The predicted molar refractivity (Wildman–Crippen MR) is 79.6 cm³/mol. The number of carbonyl (C=O) groups excluding carboxylic acids is 1. The van der Waals surface area contributed by atoms with Crippen molar-refractivity contribution in [3.8, 4) is 0 Å². The molecule has 0 saturated heterocycles. The quantitative estimate of drug-likeness (QED) is 0.673. The van der Waals surface area contributed by atoms with E-state index in [9.17, 15) is 4.79 Å². The summed E-state index contributed by atoms with van der Waals surface area (Å²) in [5.41, 5.74) is 1.32. The second kappa shape index (κ2) is 5.04. The van der Waals surface area contributed by atoms with Gasteiger partial charge in [0.2, 0.25) is 5.91 Å². The van der Waals surface area contributed by atoms with Crippen LogP contribution in [0.4, 0.5) is 0 Å². The van der Waals surface area contributed by atoms with Crippen LogP contribution in [-0.2, 0) is 10.5 Å². The molecule has 1 saturated carbocycles. The van der Waals surface area contributed by atoms with E-state index in [-0.39, 0.29) is 10.8 Å². The third-order valence-electron chi connectivity index (χ3n) is 4.06. The van der Waals surface area contributed by atoms with Crippen LogP contribution in [-0.4, -0.2) is 10.8 Å². The van der Waals surface area contributed by atoms with Crippen molar-refractivity contribution in [2.45, 2.75) is 30.4 Å². The van der Waals surface area contributed by atoms with E-state index >= 15 is 0 Å². The summed E-state index contributed by atoms with van der Waals surface area (Å²) in [6.45, 7) is 1.63. The summed E-state index contributed by atoms with van der Waals surface area (Å²) in [7, 11) is 0. The molecular formula is C16H19NOS. The number of thioether (sulfide) groups is 1. The Morgan fingerprint density at radius 3 is 2.74 bits per heavy atom. The molecule has 1 aromatic carbocycles. The molecule has 1 aromatic rings. The maximum absolute atomic E-state index is 11.5. The van der Waals surface area contributed by atoms with Gasteiger partial charge in [0.15, 0.2) is 0 Å². The van der Waals surface area contributed by atoms with Gasteiger partial charge in [-0.1, -0.05) is 42.5 Å². The monoisotopic (exact) mass is 273 g/mol. The molecule has 2 aliphatic carbocycles. The molecule has 2 bridgehead atoms. The molecule has 2 nitrogen and oxygen atoms in total. The molecule has 1 fully saturated rings. The van der Waals surface area contributed by atoms with Crippen molar-refractivity contribution in [1.82, 2.24) is 5.32 Å². The number of carbonyl (C=O) groups is 1. The smallest absolute Gasteiger partial charge is 0.217 e. The van der Waals surface area contributed by atoms with E-state index in [2.05, 4.69) is 41.7 Å². The first-order valence-electron chi connectivity index (χ1n) is 6.83. The van der Waals surface area contributed by atoms with Crippen LogP contribution in [0.1, 0.15) is 25.3 Å². The summed E-state index contributed by atoms with van der Waals surface area (Å²) in [6.07, 6.45) is 6.88. The van der Waals surface area contributed by atoms with Crippen molar-refractivity contribution >= 4 is 17.7 Å². The molecule has 0 heterocycles. The van der Waals surface area contributed by atoms with Crippen LogP contribution in [0.3, 0.4) is 0 Å². The number of hydrogen-bond acceptors (Lipinski definition) is 2. The van der Waals surface area contributed by atoms with Crippen LogP contribution in [0.25, 0.3) is 0 Å². The number of benzene rings is 1. The van der Waals surface area contributed by atoms with Gasteiger partial charge in [0, 0.05) is 18.6 Å². The normalized spacial score (nSPS) is 31.6. The topological polar surface area (TPSA) is 29.1 Å². The second-order valence-electron chi connectivity index (χ2n) is 5.54. The second-order valence-corrected chi connectivity index (χ2v) is 6.84. The highest BCUT2D eigenvalue weighted by Gasteiger charge is 2.49. The van der Waals surface area contributed by atoms with Gasteiger partial charge >= 0.3 is 0 Å². The maximum atomic E-state index is 11.5. The highest BCUT2D eigenvalue weighted by molar-refractivity contribution is 7.99. The van der Waals surface area contributed by atoms with Crippen molar-refractivity contribution in [2.24, 2.45) is 11.8 Å². The van der Waals surface area contributed by atoms with Crippen molar-refractivity contribution in [2.75, 3.05) is 0 Å². The van der Waals surface area contributed by atoms with Crippen molar-refractivity contribution in [3.63, 3.8) is 0 Å². The molecule has 0 spiro atoms. The molecule has 2 aliphatic rings. The zero-order valence-corrected chi connectivity index (χ0v) is 12.0.